The molecule has 6 heteroatoms. The van der Waals surface area contributed by atoms with Crippen LogP contribution in [-0.2, 0) is 23.5 Å². The predicted octanol–water partition coefficient (Wildman–Crippen LogP) is 4.33. The van der Waals surface area contributed by atoms with Crippen LogP contribution in [0.25, 0.3) is 11.0 Å². The average molecular weight is 383 g/mol. The molecule has 0 radical (unpaired) electrons. The molecule has 1 aliphatic heterocycles. The lowest BCUT2D eigenvalue weighted by Gasteiger charge is -2.31. The normalized spacial score (nSPS) is 13.8. The second-order valence-electron chi connectivity index (χ2n) is 6.92. The van der Waals surface area contributed by atoms with E-state index in [1.165, 1.54) is 6.07 Å². The first-order valence-corrected chi connectivity index (χ1v) is 10.5. The lowest BCUT2D eigenvalue weighted by atomic mass is 9.98. The Hall–Kier alpha value is -2.34. The Bertz CT molecular complexity index is 1010. The van der Waals surface area contributed by atoms with E-state index in [0.717, 1.165) is 52.3 Å². The number of nitrogens with zero attached hydrogens (tertiary/aromatic N) is 3. The number of benzene rings is 2. The molecule has 1 aromatic heterocycles. The zero-order chi connectivity index (χ0) is 19.0. The topological polar surface area (TPSA) is 38.1 Å². The van der Waals surface area contributed by atoms with Crippen LogP contribution in [0.5, 0.6) is 0 Å². The molecule has 0 saturated heterocycles. The second-order valence-corrected chi connectivity index (χ2v) is 7.78. The molecule has 0 saturated carbocycles. The summed E-state index contributed by atoms with van der Waals surface area (Å²) in [6, 6.07) is 11.0. The van der Waals surface area contributed by atoms with Crippen molar-refractivity contribution in [3.05, 3.63) is 59.2 Å². The van der Waals surface area contributed by atoms with Crippen molar-refractivity contribution in [2.24, 2.45) is 0 Å². The van der Waals surface area contributed by atoms with E-state index in [0.29, 0.717) is 6.54 Å². The highest BCUT2D eigenvalue weighted by atomic mass is 32.2. The Morgan fingerprint density at radius 1 is 1.30 bits per heavy atom. The minimum absolute atomic E-state index is 0.0242. The summed E-state index contributed by atoms with van der Waals surface area (Å²) in [5.74, 6) is 1.45. The summed E-state index contributed by atoms with van der Waals surface area (Å²) in [6.07, 6.45) is 3.69. The fourth-order valence-electron chi connectivity index (χ4n) is 3.93. The molecule has 0 aliphatic carbocycles. The molecule has 2 heterocycles. The third kappa shape index (κ3) is 3.34. The van der Waals surface area contributed by atoms with Crippen molar-refractivity contribution in [3.8, 4) is 0 Å². The number of carbonyl (C=O) groups excluding carboxylic acids is 1. The van der Waals surface area contributed by atoms with Crippen molar-refractivity contribution in [3.63, 3.8) is 0 Å². The van der Waals surface area contributed by atoms with E-state index >= 15 is 0 Å². The van der Waals surface area contributed by atoms with Crippen LogP contribution in [0.4, 0.5) is 10.1 Å². The van der Waals surface area contributed by atoms with Gasteiger partial charge in [0.05, 0.1) is 16.8 Å². The molecule has 27 heavy (non-hydrogen) atoms. The van der Waals surface area contributed by atoms with Crippen LogP contribution in [-0.4, -0.2) is 28.3 Å². The Morgan fingerprint density at radius 3 is 2.93 bits per heavy atom. The second kappa shape index (κ2) is 7.35. The van der Waals surface area contributed by atoms with Crippen molar-refractivity contribution in [2.45, 2.75) is 32.1 Å². The highest BCUT2D eigenvalue weighted by Gasteiger charge is 2.26. The molecule has 140 valence electrons. The van der Waals surface area contributed by atoms with Crippen LogP contribution in [0.3, 0.4) is 0 Å². The molecule has 0 atom stereocenters. The first-order chi connectivity index (χ1) is 13.1. The van der Waals surface area contributed by atoms with Crippen molar-refractivity contribution in [1.29, 1.82) is 0 Å². The van der Waals surface area contributed by atoms with E-state index in [1.54, 1.807) is 17.8 Å². The lowest BCUT2D eigenvalue weighted by molar-refractivity contribution is -0.119. The van der Waals surface area contributed by atoms with Gasteiger partial charge in [0, 0.05) is 12.2 Å². The zero-order valence-electron chi connectivity index (χ0n) is 15.5. The highest BCUT2D eigenvalue weighted by Crippen LogP contribution is 2.32. The number of para-hydroxylation sites is 2. The van der Waals surface area contributed by atoms with Crippen molar-refractivity contribution in [2.75, 3.05) is 17.7 Å². The molecule has 0 N–H and O–H groups in total. The van der Waals surface area contributed by atoms with Gasteiger partial charge in [-0.3, -0.25) is 4.79 Å². The van der Waals surface area contributed by atoms with E-state index in [2.05, 4.69) is 0 Å². The molecule has 0 fully saturated rings. The minimum Gasteiger partial charge on any atom is -0.318 e. The van der Waals surface area contributed by atoms with Gasteiger partial charge in [-0.2, -0.15) is 11.8 Å². The molecule has 4 nitrogen and oxygen atoms in total. The fraction of sp³-hybridized carbons (Fsp3) is 0.333. The number of rotatable bonds is 4. The molecule has 1 aliphatic rings. The van der Waals surface area contributed by atoms with Gasteiger partial charge in [0.1, 0.15) is 18.2 Å². The molecule has 4 rings (SSSR count). The largest absolute Gasteiger partial charge is 0.318 e. The van der Waals surface area contributed by atoms with Crippen LogP contribution in [0.2, 0.25) is 0 Å². The Balaban J connectivity index is 1.70. The maximum atomic E-state index is 13.8. The van der Waals surface area contributed by atoms with Gasteiger partial charge in [-0.15, -0.1) is 0 Å². The Morgan fingerprint density at radius 2 is 2.11 bits per heavy atom. The zero-order valence-corrected chi connectivity index (χ0v) is 16.4. The molecule has 2 aromatic carbocycles. The monoisotopic (exact) mass is 383 g/mol. The van der Waals surface area contributed by atoms with Crippen LogP contribution in [0, 0.1) is 12.7 Å². The molecule has 1 amide bonds. The van der Waals surface area contributed by atoms with Crippen LogP contribution in [0.1, 0.15) is 23.4 Å². The molecule has 0 bridgehead atoms. The van der Waals surface area contributed by atoms with Gasteiger partial charge in [-0.05, 0) is 61.4 Å². The number of imidazole rings is 1. The number of thioether (sulfide) groups is 1. The molecule has 3 aromatic rings. The van der Waals surface area contributed by atoms with Crippen molar-refractivity contribution < 1.29 is 9.18 Å². The maximum absolute atomic E-state index is 13.8. The van der Waals surface area contributed by atoms with Gasteiger partial charge in [0.15, 0.2) is 0 Å². The summed E-state index contributed by atoms with van der Waals surface area (Å²) in [5.41, 5.74) is 4.50. The smallest absolute Gasteiger partial charge is 0.247 e. The highest BCUT2D eigenvalue weighted by molar-refractivity contribution is 7.97. The number of hydrogen-bond donors (Lipinski definition) is 0. The Labute approximate surface area is 162 Å². The number of amides is 1. The first-order valence-electron chi connectivity index (χ1n) is 9.11. The third-order valence-electron chi connectivity index (χ3n) is 5.04. The van der Waals surface area contributed by atoms with Gasteiger partial charge >= 0.3 is 0 Å². The molecule has 0 unspecified atom stereocenters. The van der Waals surface area contributed by atoms with E-state index in [-0.39, 0.29) is 18.3 Å². The summed E-state index contributed by atoms with van der Waals surface area (Å²) in [5, 5.41) is 0. The number of aromatic nitrogens is 2. The summed E-state index contributed by atoms with van der Waals surface area (Å²) in [4.78, 5) is 19.8. The van der Waals surface area contributed by atoms with E-state index in [9.17, 15) is 9.18 Å². The fourth-order valence-corrected chi connectivity index (χ4v) is 4.41. The third-order valence-corrected chi connectivity index (χ3v) is 5.59. The van der Waals surface area contributed by atoms with Crippen molar-refractivity contribution >= 4 is 34.4 Å². The molecule has 0 spiro atoms. The number of halogens is 1. The SMILES string of the molecule is CSCc1nc2ccccc2n1CC(=O)N1CCCc2cc(F)cc(C)c21. The van der Waals surface area contributed by atoms with E-state index < -0.39 is 0 Å². The van der Waals surface area contributed by atoms with Gasteiger partial charge in [-0.1, -0.05) is 12.1 Å². The number of anilines is 1. The van der Waals surface area contributed by atoms with E-state index in [4.69, 9.17) is 4.98 Å². The van der Waals surface area contributed by atoms with Gasteiger partial charge in [-0.25, -0.2) is 9.37 Å². The van der Waals surface area contributed by atoms with Gasteiger partial charge in [0.2, 0.25) is 5.91 Å². The van der Waals surface area contributed by atoms with Gasteiger partial charge < -0.3 is 9.47 Å². The molecular formula is C21H22FN3OS. The molecular weight excluding hydrogens is 361 g/mol. The standard InChI is InChI=1S/C21H22FN3OS/c1-14-10-16(22)11-15-6-5-9-24(21(14)15)20(26)12-25-18-8-4-3-7-17(18)23-19(25)13-27-2/h3-4,7-8,10-11H,5-6,9,12-13H2,1-2H3. The summed E-state index contributed by atoms with van der Waals surface area (Å²) in [7, 11) is 0. The van der Waals surface area contributed by atoms with Crippen LogP contribution < -0.4 is 4.90 Å². The van der Waals surface area contributed by atoms with Crippen LogP contribution >= 0.6 is 11.8 Å². The first kappa shape index (κ1) is 18.0. The predicted molar refractivity (Wildman–Crippen MR) is 109 cm³/mol. The Kier molecular flexibility index (Phi) is 4.91. The number of hydrogen-bond acceptors (Lipinski definition) is 3. The minimum atomic E-state index is -0.233. The van der Waals surface area contributed by atoms with Crippen LogP contribution in [0.15, 0.2) is 36.4 Å². The number of fused-ring (bicyclic) bond motifs is 2. The number of carbonyl (C=O) groups is 1. The summed E-state index contributed by atoms with van der Waals surface area (Å²) < 4.78 is 15.8. The van der Waals surface area contributed by atoms with E-state index in [1.807, 2.05) is 46.9 Å². The summed E-state index contributed by atoms with van der Waals surface area (Å²) in [6.45, 7) is 2.79. The maximum Gasteiger partial charge on any atom is 0.247 e. The quantitative estimate of drug-likeness (QED) is 0.673. The summed E-state index contributed by atoms with van der Waals surface area (Å²) >= 11 is 1.69. The van der Waals surface area contributed by atoms with Crippen molar-refractivity contribution in [1.82, 2.24) is 9.55 Å². The lowest BCUT2D eigenvalue weighted by Crippen LogP contribution is -2.38. The van der Waals surface area contributed by atoms with Gasteiger partial charge in [0.25, 0.3) is 0 Å². The number of aryl methyl sites for hydroxylation is 2. The average Bonchev–Trinajstić information content (AvgIpc) is 2.98.